The maximum absolute atomic E-state index is 11.0. The normalized spacial score (nSPS) is 10.7. The summed E-state index contributed by atoms with van der Waals surface area (Å²) in [6.45, 7) is 5.14. The minimum Gasteiger partial charge on any atom is -0.496 e. The number of rotatable bonds is 7. The van der Waals surface area contributed by atoms with Crippen molar-refractivity contribution in [3.05, 3.63) is 29.3 Å². The molecule has 0 saturated heterocycles. The fourth-order valence-electron chi connectivity index (χ4n) is 2.02. The van der Waals surface area contributed by atoms with Crippen molar-refractivity contribution in [2.75, 3.05) is 27.2 Å². The molecule has 0 aromatic heterocycles. The molecule has 1 rings (SSSR count). The highest BCUT2D eigenvalue weighted by atomic mass is 16.5. The number of hydrogen-bond donors (Lipinski definition) is 0. The third-order valence-electron chi connectivity index (χ3n) is 3.01. The molecule has 0 amide bonds. The molecule has 3 nitrogen and oxygen atoms in total. The lowest BCUT2D eigenvalue weighted by atomic mass is 10.0. The highest BCUT2D eigenvalue weighted by Crippen LogP contribution is 2.20. The summed E-state index contributed by atoms with van der Waals surface area (Å²) >= 11 is 0. The molecule has 0 heterocycles. The van der Waals surface area contributed by atoms with Crippen molar-refractivity contribution in [3.8, 4) is 5.75 Å². The molecular weight excluding hydrogens is 226 g/mol. The monoisotopic (exact) mass is 249 g/mol. The largest absolute Gasteiger partial charge is 0.496 e. The third-order valence-corrected chi connectivity index (χ3v) is 3.01. The van der Waals surface area contributed by atoms with E-state index in [2.05, 4.69) is 19.1 Å². The van der Waals surface area contributed by atoms with E-state index in [0.717, 1.165) is 25.1 Å². The number of Topliss-reactive ketones (excluding diaryl/α,β-unsaturated/α-hetero) is 1. The van der Waals surface area contributed by atoms with Crippen LogP contribution in [0.25, 0.3) is 0 Å². The Labute approximate surface area is 110 Å². The average Bonchev–Trinajstić information content (AvgIpc) is 2.35. The van der Waals surface area contributed by atoms with Gasteiger partial charge < -0.3 is 4.74 Å². The van der Waals surface area contributed by atoms with Gasteiger partial charge in [0.05, 0.1) is 13.7 Å². The summed E-state index contributed by atoms with van der Waals surface area (Å²) in [6, 6.07) is 6.32. The van der Waals surface area contributed by atoms with Crippen molar-refractivity contribution in [3.63, 3.8) is 0 Å². The topological polar surface area (TPSA) is 29.5 Å². The van der Waals surface area contributed by atoms with Crippen LogP contribution in [0.4, 0.5) is 0 Å². The number of hydrogen-bond acceptors (Lipinski definition) is 3. The SMILES string of the molecule is CCc1ccc(OC)c(CCN(C)CC(C)=O)c1. The Morgan fingerprint density at radius 1 is 1.39 bits per heavy atom. The summed E-state index contributed by atoms with van der Waals surface area (Å²) in [5.41, 5.74) is 2.53. The van der Waals surface area contributed by atoms with E-state index < -0.39 is 0 Å². The van der Waals surface area contributed by atoms with Gasteiger partial charge in [0, 0.05) is 6.54 Å². The number of benzene rings is 1. The van der Waals surface area contributed by atoms with Crippen molar-refractivity contribution in [1.82, 2.24) is 4.90 Å². The first-order chi connectivity index (χ1) is 8.56. The molecule has 0 fully saturated rings. The highest BCUT2D eigenvalue weighted by Gasteiger charge is 2.07. The molecule has 0 N–H and O–H groups in total. The number of methoxy groups -OCH3 is 1. The number of nitrogens with zero attached hydrogens (tertiary/aromatic N) is 1. The molecule has 0 bridgehead atoms. The zero-order valence-electron chi connectivity index (χ0n) is 11.8. The minimum atomic E-state index is 0.201. The molecule has 0 aliphatic carbocycles. The van der Waals surface area contributed by atoms with E-state index in [1.54, 1.807) is 14.0 Å². The van der Waals surface area contributed by atoms with Crippen molar-refractivity contribution >= 4 is 5.78 Å². The quantitative estimate of drug-likeness (QED) is 0.742. The van der Waals surface area contributed by atoms with Gasteiger partial charge in [-0.3, -0.25) is 9.69 Å². The van der Waals surface area contributed by atoms with Crippen LogP contribution >= 0.6 is 0 Å². The first kappa shape index (κ1) is 14.7. The standard InChI is InChI=1S/C15H23NO2/c1-5-13-6-7-15(18-4)14(10-13)8-9-16(3)11-12(2)17/h6-7,10H,5,8-9,11H2,1-4H3. The number of carbonyl (C=O) groups excluding carboxylic acids is 1. The summed E-state index contributed by atoms with van der Waals surface area (Å²) < 4.78 is 5.37. The van der Waals surface area contributed by atoms with Gasteiger partial charge in [-0.25, -0.2) is 0 Å². The van der Waals surface area contributed by atoms with Crippen LogP contribution in [0.2, 0.25) is 0 Å². The van der Waals surface area contributed by atoms with E-state index in [-0.39, 0.29) is 5.78 Å². The predicted molar refractivity (Wildman–Crippen MR) is 74.3 cm³/mol. The van der Waals surface area contributed by atoms with E-state index in [1.165, 1.54) is 11.1 Å². The van der Waals surface area contributed by atoms with Crippen molar-refractivity contribution < 1.29 is 9.53 Å². The van der Waals surface area contributed by atoms with Gasteiger partial charge in [0.25, 0.3) is 0 Å². The summed E-state index contributed by atoms with van der Waals surface area (Å²) in [6.07, 6.45) is 1.93. The molecule has 3 heteroatoms. The predicted octanol–water partition coefficient (Wildman–Crippen LogP) is 2.32. The van der Waals surface area contributed by atoms with E-state index in [1.807, 2.05) is 18.0 Å². The minimum absolute atomic E-state index is 0.201. The molecule has 1 aromatic carbocycles. The summed E-state index contributed by atoms with van der Waals surface area (Å²) in [5, 5.41) is 0. The molecule has 0 saturated carbocycles. The van der Waals surface area contributed by atoms with Gasteiger partial charge in [0.2, 0.25) is 0 Å². The molecule has 0 atom stereocenters. The van der Waals surface area contributed by atoms with Crippen LogP contribution in [0.3, 0.4) is 0 Å². The second kappa shape index (κ2) is 7.17. The van der Waals surface area contributed by atoms with Crippen molar-refractivity contribution in [2.24, 2.45) is 0 Å². The Bertz CT molecular complexity index is 401. The fourth-order valence-corrected chi connectivity index (χ4v) is 2.02. The Balaban J connectivity index is 2.67. The Hall–Kier alpha value is -1.35. The second-order valence-electron chi connectivity index (χ2n) is 4.69. The highest BCUT2D eigenvalue weighted by molar-refractivity contribution is 5.77. The van der Waals surface area contributed by atoms with Gasteiger partial charge in [-0.05, 0) is 44.0 Å². The molecule has 18 heavy (non-hydrogen) atoms. The van der Waals surface area contributed by atoms with Crippen LogP contribution in [0.1, 0.15) is 25.0 Å². The van der Waals surface area contributed by atoms with Gasteiger partial charge in [0.15, 0.2) is 0 Å². The summed E-state index contributed by atoms with van der Waals surface area (Å²) in [5.74, 6) is 1.13. The Morgan fingerprint density at radius 3 is 2.67 bits per heavy atom. The molecule has 0 spiro atoms. The molecule has 100 valence electrons. The Kier molecular flexibility index (Phi) is 5.86. The number of ketones is 1. The zero-order chi connectivity index (χ0) is 13.5. The second-order valence-corrected chi connectivity index (χ2v) is 4.69. The first-order valence-electron chi connectivity index (χ1n) is 6.40. The van der Waals surface area contributed by atoms with Gasteiger partial charge in [0.1, 0.15) is 11.5 Å². The zero-order valence-corrected chi connectivity index (χ0v) is 11.8. The summed E-state index contributed by atoms with van der Waals surface area (Å²) in [7, 11) is 3.67. The maximum atomic E-state index is 11.0. The smallest absolute Gasteiger partial charge is 0.143 e. The van der Waals surface area contributed by atoms with Crippen LogP contribution in [-0.2, 0) is 17.6 Å². The Morgan fingerprint density at radius 2 is 2.11 bits per heavy atom. The number of ether oxygens (including phenoxy) is 1. The summed E-state index contributed by atoms with van der Waals surface area (Å²) in [4.78, 5) is 13.1. The third kappa shape index (κ3) is 4.49. The lowest BCUT2D eigenvalue weighted by Gasteiger charge is -2.16. The van der Waals surface area contributed by atoms with Crippen LogP contribution in [0, 0.1) is 0 Å². The molecule has 0 radical (unpaired) electrons. The number of likely N-dealkylation sites (N-methyl/N-ethyl adjacent to an activating group) is 1. The average molecular weight is 249 g/mol. The van der Waals surface area contributed by atoms with E-state index in [9.17, 15) is 4.79 Å². The van der Waals surface area contributed by atoms with Gasteiger partial charge in [-0.15, -0.1) is 0 Å². The van der Waals surface area contributed by atoms with Gasteiger partial charge >= 0.3 is 0 Å². The molecule has 0 aliphatic heterocycles. The molecule has 0 unspecified atom stereocenters. The van der Waals surface area contributed by atoms with E-state index in [0.29, 0.717) is 6.54 Å². The number of aryl methyl sites for hydroxylation is 1. The van der Waals surface area contributed by atoms with Gasteiger partial charge in [-0.1, -0.05) is 19.1 Å². The van der Waals surface area contributed by atoms with Gasteiger partial charge in [-0.2, -0.15) is 0 Å². The molecule has 0 aliphatic rings. The van der Waals surface area contributed by atoms with Crippen LogP contribution < -0.4 is 4.74 Å². The molecule has 1 aromatic rings. The van der Waals surface area contributed by atoms with Crippen LogP contribution in [-0.4, -0.2) is 37.9 Å². The molecular formula is C15H23NO2. The number of carbonyl (C=O) groups is 1. The first-order valence-corrected chi connectivity index (χ1v) is 6.40. The lowest BCUT2D eigenvalue weighted by Crippen LogP contribution is -2.26. The fraction of sp³-hybridized carbons (Fsp3) is 0.533. The van der Waals surface area contributed by atoms with Crippen LogP contribution in [0.5, 0.6) is 5.75 Å². The van der Waals surface area contributed by atoms with Crippen molar-refractivity contribution in [1.29, 1.82) is 0 Å². The van der Waals surface area contributed by atoms with Crippen LogP contribution in [0.15, 0.2) is 18.2 Å². The lowest BCUT2D eigenvalue weighted by molar-refractivity contribution is -0.117. The van der Waals surface area contributed by atoms with E-state index in [4.69, 9.17) is 4.74 Å². The van der Waals surface area contributed by atoms with Crippen molar-refractivity contribution in [2.45, 2.75) is 26.7 Å². The maximum Gasteiger partial charge on any atom is 0.143 e. The van der Waals surface area contributed by atoms with E-state index >= 15 is 0 Å².